The van der Waals surface area contributed by atoms with Gasteiger partial charge in [0.05, 0.1) is 11.4 Å². The molecule has 0 fully saturated rings. The van der Waals surface area contributed by atoms with Gasteiger partial charge in [0, 0.05) is 12.0 Å². The third-order valence-electron chi connectivity index (χ3n) is 3.49. The lowest BCUT2D eigenvalue weighted by atomic mass is 10.1. The highest BCUT2D eigenvalue weighted by molar-refractivity contribution is 7.89. The normalized spacial score (nSPS) is 13.4. The van der Waals surface area contributed by atoms with E-state index in [1.807, 2.05) is 20.8 Å². The lowest BCUT2D eigenvalue weighted by Gasteiger charge is -2.13. The first-order valence-electron chi connectivity index (χ1n) is 7.42. The fourth-order valence-corrected chi connectivity index (χ4v) is 2.71. The Morgan fingerprint density at radius 3 is 2.30 bits per heavy atom. The first kappa shape index (κ1) is 17.6. The Labute approximate surface area is 136 Å². The summed E-state index contributed by atoms with van der Waals surface area (Å²) in [6.07, 6.45) is 0. The zero-order valence-corrected chi connectivity index (χ0v) is 14.5. The smallest absolute Gasteiger partial charge is 0.240 e. The van der Waals surface area contributed by atoms with Gasteiger partial charge in [0.1, 0.15) is 0 Å². The van der Waals surface area contributed by atoms with Gasteiger partial charge in [0.2, 0.25) is 21.8 Å². The van der Waals surface area contributed by atoms with Gasteiger partial charge in [-0.25, -0.2) is 13.1 Å². The summed E-state index contributed by atoms with van der Waals surface area (Å²) in [5.74, 6) is 1.36. The Balaban J connectivity index is 1.99. The molecule has 0 aliphatic carbocycles. The van der Waals surface area contributed by atoms with Crippen LogP contribution in [0.25, 0.3) is 0 Å². The maximum atomic E-state index is 11.7. The molecular formula is C15H22N4O3S. The third-order valence-corrected chi connectivity index (χ3v) is 4.93. The van der Waals surface area contributed by atoms with Crippen LogP contribution < -0.4 is 10.0 Å². The van der Waals surface area contributed by atoms with Gasteiger partial charge in [0.25, 0.3) is 0 Å². The first-order valence-corrected chi connectivity index (χ1v) is 8.91. The van der Waals surface area contributed by atoms with Crippen LogP contribution in [0.5, 0.6) is 0 Å². The first-order chi connectivity index (χ1) is 10.8. The molecule has 1 aromatic heterocycles. The second-order valence-corrected chi connectivity index (χ2v) is 7.45. The standard InChI is InChI=1S/C15H22N4O3S/c1-10(2)15-19-18-14(22-15)9-17-11(3)12-5-7-13(8-6-12)23(20,21)16-4/h5-8,10-11,16-17H,9H2,1-4H3/t11-/m0/s1. The van der Waals surface area contributed by atoms with Gasteiger partial charge < -0.3 is 9.73 Å². The molecule has 2 N–H and O–H groups in total. The molecule has 0 amide bonds. The Morgan fingerprint density at radius 1 is 1.13 bits per heavy atom. The maximum Gasteiger partial charge on any atom is 0.240 e. The van der Waals surface area contributed by atoms with Crippen LogP contribution in [-0.2, 0) is 16.6 Å². The molecule has 0 unspecified atom stereocenters. The molecule has 126 valence electrons. The second-order valence-electron chi connectivity index (χ2n) is 5.57. The van der Waals surface area contributed by atoms with Gasteiger partial charge in [-0.3, -0.25) is 0 Å². The molecule has 2 rings (SSSR count). The predicted octanol–water partition coefficient (Wildman–Crippen LogP) is 1.95. The van der Waals surface area contributed by atoms with Crippen molar-refractivity contribution in [2.75, 3.05) is 7.05 Å². The van der Waals surface area contributed by atoms with Crippen molar-refractivity contribution in [2.24, 2.45) is 0 Å². The van der Waals surface area contributed by atoms with E-state index in [9.17, 15) is 8.42 Å². The summed E-state index contributed by atoms with van der Waals surface area (Å²) < 4.78 is 31.2. The van der Waals surface area contributed by atoms with E-state index in [0.717, 1.165) is 5.56 Å². The minimum absolute atomic E-state index is 0.0238. The van der Waals surface area contributed by atoms with Crippen molar-refractivity contribution in [3.8, 4) is 0 Å². The minimum atomic E-state index is -3.41. The maximum absolute atomic E-state index is 11.7. The molecule has 8 heteroatoms. The van der Waals surface area contributed by atoms with Crippen LogP contribution in [0.2, 0.25) is 0 Å². The van der Waals surface area contributed by atoms with Gasteiger partial charge in [-0.15, -0.1) is 10.2 Å². The van der Waals surface area contributed by atoms with Gasteiger partial charge in [0.15, 0.2) is 0 Å². The van der Waals surface area contributed by atoms with Crippen molar-refractivity contribution < 1.29 is 12.8 Å². The highest BCUT2D eigenvalue weighted by Crippen LogP contribution is 2.17. The van der Waals surface area contributed by atoms with Crippen LogP contribution in [0.3, 0.4) is 0 Å². The topological polar surface area (TPSA) is 97.1 Å². The molecule has 0 bridgehead atoms. The second kappa shape index (κ2) is 7.20. The fourth-order valence-electron chi connectivity index (χ4n) is 1.98. The number of aromatic nitrogens is 2. The van der Waals surface area contributed by atoms with E-state index in [1.165, 1.54) is 7.05 Å². The average Bonchev–Trinajstić information content (AvgIpc) is 3.02. The zero-order chi connectivity index (χ0) is 17.0. The number of benzene rings is 1. The molecule has 1 heterocycles. The van der Waals surface area contributed by atoms with Gasteiger partial charge in [-0.1, -0.05) is 26.0 Å². The van der Waals surface area contributed by atoms with Crippen LogP contribution in [0.4, 0.5) is 0 Å². The van der Waals surface area contributed by atoms with Crippen LogP contribution in [0.15, 0.2) is 33.6 Å². The molecule has 0 saturated carbocycles. The summed E-state index contributed by atoms with van der Waals surface area (Å²) in [5, 5.41) is 11.3. The van der Waals surface area contributed by atoms with E-state index in [2.05, 4.69) is 20.2 Å². The highest BCUT2D eigenvalue weighted by Gasteiger charge is 2.13. The summed E-state index contributed by atoms with van der Waals surface area (Å²) in [6, 6.07) is 6.77. The van der Waals surface area contributed by atoms with Crippen LogP contribution in [0.1, 0.15) is 50.1 Å². The van der Waals surface area contributed by atoms with E-state index in [4.69, 9.17) is 4.42 Å². The highest BCUT2D eigenvalue weighted by atomic mass is 32.2. The van der Waals surface area contributed by atoms with Crippen molar-refractivity contribution >= 4 is 10.0 Å². The Bertz CT molecular complexity index is 738. The third kappa shape index (κ3) is 4.37. The van der Waals surface area contributed by atoms with Gasteiger partial charge in [-0.05, 0) is 31.7 Å². The molecule has 23 heavy (non-hydrogen) atoms. The average molecular weight is 338 g/mol. The minimum Gasteiger partial charge on any atom is -0.424 e. The van der Waals surface area contributed by atoms with Crippen molar-refractivity contribution in [1.82, 2.24) is 20.2 Å². The van der Waals surface area contributed by atoms with Crippen molar-refractivity contribution in [1.29, 1.82) is 0 Å². The van der Waals surface area contributed by atoms with E-state index in [1.54, 1.807) is 24.3 Å². The van der Waals surface area contributed by atoms with Crippen molar-refractivity contribution in [3.05, 3.63) is 41.6 Å². The molecule has 0 spiro atoms. The van der Waals surface area contributed by atoms with Crippen LogP contribution in [0, 0.1) is 0 Å². The van der Waals surface area contributed by atoms with Crippen LogP contribution >= 0.6 is 0 Å². The monoisotopic (exact) mass is 338 g/mol. The molecule has 1 atom stereocenters. The Morgan fingerprint density at radius 2 is 1.78 bits per heavy atom. The number of nitrogens with zero attached hydrogens (tertiary/aromatic N) is 2. The lowest BCUT2D eigenvalue weighted by molar-refractivity contribution is 0.407. The van der Waals surface area contributed by atoms with Crippen molar-refractivity contribution in [2.45, 2.75) is 44.2 Å². The summed E-state index contributed by atoms with van der Waals surface area (Å²) in [5.41, 5.74) is 0.976. The molecular weight excluding hydrogens is 316 g/mol. The Hall–Kier alpha value is -1.77. The number of hydrogen-bond donors (Lipinski definition) is 2. The van der Waals surface area contributed by atoms with E-state index >= 15 is 0 Å². The largest absolute Gasteiger partial charge is 0.424 e. The zero-order valence-electron chi connectivity index (χ0n) is 13.7. The van der Waals surface area contributed by atoms with Gasteiger partial charge >= 0.3 is 0 Å². The summed E-state index contributed by atoms with van der Waals surface area (Å²) in [6.45, 7) is 6.43. The predicted molar refractivity (Wildman–Crippen MR) is 86.3 cm³/mol. The van der Waals surface area contributed by atoms with Crippen LogP contribution in [-0.4, -0.2) is 25.7 Å². The number of sulfonamides is 1. The summed E-state index contributed by atoms with van der Waals surface area (Å²) in [7, 11) is -2.01. The number of rotatable bonds is 7. The van der Waals surface area contributed by atoms with E-state index in [0.29, 0.717) is 18.3 Å². The number of hydrogen-bond acceptors (Lipinski definition) is 6. The van der Waals surface area contributed by atoms with Gasteiger partial charge in [-0.2, -0.15) is 0 Å². The lowest BCUT2D eigenvalue weighted by Crippen LogP contribution is -2.20. The molecule has 0 aliphatic heterocycles. The SMILES string of the molecule is CNS(=O)(=O)c1ccc([C@H](C)NCc2nnc(C(C)C)o2)cc1. The molecule has 0 saturated heterocycles. The van der Waals surface area contributed by atoms with E-state index in [-0.39, 0.29) is 16.9 Å². The fraction of sp³-hybridized carbons (Fsp3) is 0.467. The summed E-state index contributed by atoms with van der Waals surface area (Å²) in [4.78, 5) is 0.245. The number of nitrogens with one attached hydrogen (secondary N) is 2. The molecule has 2 aromatic rings. The molecule has 7 nitrogen and oxygen atoms in total. The quantitative estimate of drug-likeness (QED) is 0.801. The molecule has 0 aliphatic rings. The van der Waals surface area contributed by atoms with Crippen molar-refractivity contribution in [3.63, 3.8) is 0 Å². The Kier molecular flexibility index (Phi) is 5.51. The molecule has 0 radical (unpaired) electrons. The summed E-state index contributed by atoms with van der Waals surface area (Å²) >= 11 is 0. The van der Waals surface area contributed by atoms with E-state index < -0.39 is 10.0 Å². The molecule has 1 aromatic carbocycles.